The van der Waals surface area contributed by atoms with Crippen molar-refractivity contribution in [3.8, 4) is 0 Å². The largest absolute Gasteiger partial charge is 0.361 e. The smallest absolute Gasteiger partial charge is 0.253 e. The molecule has 0 spiro atoms. The second-order valence-corrected chi connectivity index (χ2v) is 7.19. The number of rotatable bonds is 3. The molecule has 3 heterocycles. The summed E-state index contributed by atoms with van der Waals surface area (Å²) in [5.74, 6) is -0.154. The van der Waals surface area contributed by atoms with Crippen molar-refractivity contribution in [2.24, 2.45) is 0 Å². The Bertz CT molecular complexity index is 906. The molecule has 2 aliphatic heterocycles. The van der Waals surface area contributed by atoms with E-state index in [1.807, 2.05) is 41.9 Å². The summed E-state index contributed by atoms with van der Waals surface area (Å²) < 4.78 is 2.00. The molecule has 0 bridgehead atoms. The van der Waals surface area contributed by atoms with Gasteiger partial charge in [0.05, 0.1) is 29.8 Å². The van der Waals surface area contributed by atoms with Crippen molar-refractivity contribution in [3.63, 3.8) is 0 Å². The van der Waals surface area contributed by atoms with Crippen LogP contribution in [0, 0.1) is 0 Å². The summed E-state index contributed by atoms with van der Waals surface area (Å²) in [7, 11) is 3.67. The minimum atomic E-state index is -0.233. The average Bonchev–Trinajstić information content (AvgIpc) is 3.08. The molecular formula is C19H24N6O2. The van der Waals surface area contributed by atoms with E-state index in [1.165, 1.54) is 0 Å². The van der Waals surface area contributed by atoms with E-state index in [2.05, 4.69) is 15.7 Å². The predicted octanol–water partition coefficient (Wildman–Crippen LogP) is 1.04. The van der Waals surface area contributed by atoms with Gasteiger partial charge in [-0.2, -0.15) is 5.10 Å². The highest BCUT2D eigenvalue weighted by Gasteiger charge is 2.28. The van der Waals surface area contributed by atoms with E-state index < -0.39 is 0 Å². The number of benzene rings is 1. The zero-order valence-corrected chi connectivity index (χ0v) is 15.8. The molecule has 2 aromatic rings. The summed E-state index contributed by atoms with van der Waals surface area (Å²) in [6.45, 7) is 4.88. The lowest BCUT2D eigenvalue weighted by Crippen LogP contribution is -2.44. The number of aromatic nitrogens is 2. The number of nitrogens with zero attached hydrogens (tertiary/aromatic N) is 4. The topological polar surface area (TPSA) is 82.5 Å². The third-order valence-corrected chi connectivity index (χ3v) is 5.42. The van der Waals surface area contributed by atoms with Gasteiger partial charge >= 0.3 is 0 Å². The van der Waals surface area contributed by atoms with Gasteiger partial charge < -0.3 is 20.4 Å². The molecular weight excluding hydrogens is 344 g/mol. The molecule has 1 atom stereocenters. The van der Waals surface area contributed by atoms with Crippen LogP contribution >= 0.6 is 0 Å². The van der Waals surface area contributed by atoms with Gasteiger partial charge in [0.2, 0.25) is 5.91 Å². The fraction of sp³-hybridized carbons (Fsp3) is 0.421. The first kappa shape index (κ1) is 17.5. The van der Waals surface area contributed by atoms with Crippen LogP contribution in [-0.4, -0.2) is 53.2 Å². The highest BCUT2D eigenvalue weighted by atomic mass is 16.2. The number of amides is 2. The molecule has 2 N–H and O–H groups in total. The van der Waals surface area contributed by atoms with Gasteiger partial charge in [-0.1, -0.05) is 0 Å². The number of carbonyl (C=O) groups is 2. The van der Waals surface area contributed by atoms with Crippen LogP contribution in [-0.2, 0) is 24.4 Å². The molecule has 4 rings (SSSR count). The van der Waals surface area contributed by atoms with Gasteiger partial charge in [0.15, 0.2) is 0 Å². The van der Waals surface area contributed by atoms with Crippen molar-refractivity contribution in [1.29, 1.82) is 0 Å². The van der Waals surface area contributed by atoms with Gasteiger partial charge in [-0.3, -0.25) is 14.3 Å². The molecule has 0 saturated carbocycles. The lowest BCUT2D eigenvalue weighted by Gasteiger charge is -2.33. The standard InChI is InChI=1S/C19H24N6O2/c1-12-18(26)22-15-8-13(4-5-16(15)24(12)3)19(27)23(2)11-14-9-21-25-7-6-20-10-17(14)25/h4-5,8-9,12,20H,6-7,10-11H2,1-3H3,(H,22,26). The highest BCUT2D eigenvalue weighted by molar-refractivity contribution is 6.05. The van der Waals surface area contributed by atoms with Gasteiger partial charge in [0.1, 0.15) is 6.04 Å². The molecule has 8 nitrogen and oxygen atoms in total. The lowest BCUT2D eigenvalue weighted by molar-refractivity contribution is -0.117. The van der Waals surface area contributed by atoms with Crippen LogP contribution in [0.25, 0.3) is 0 Å². The van der Waals surface area contributed by atoms with Crippen molar-refractivity contribution in [2.75, 3.05) is 30.9 Å². The Morgan fingerprint density at radius 1 is 1.41 bits per heavy atom. The van der Waals surface area contributed by atoms with Gasteiger partial charge in [0.25, 0.3) is 5.91 Å². The van der Waals surface area contributed by atoms with Crippen LogP contribution in [0.5, 0.6) is 0 Å². The summed E-state index contributed by atoms with van der Waals surface area (Å²) >= 11 is 0. The van der Waals surface area contributed by atoms with E-state index in [0.29, 0.717) is 17.8 Å². The third-order valence-electron chi connectivity index (χ3n) is 5.42. The van der Waals surface area contributed by atoms with Crippen molar-refractivity contribution in [1.82, 2.24) is 20.0 Å². The molecule has 0 fully saturated rings. The molecule has 0 saturated heterocycles. The second kappa shape index (κ2) is 6.70. The fourth-order valence-corrected chi connectivity index (χ4v) is 3.62. The maximum absolute atomic E-state index is 12.9. The Morgan fingerprint density at radius 2 is 2.22 bits per heavy atom. The summed E-state index contributed by atoms with van der Waals surface area (Å²) in [6.07, 6.45) is 1.84. The number of hydrogen-bond acceptors (Lipinski definition) is 5. The summed E-state index contributed by atoms with van der Waals surface area (Å²) in [4.78, 5) is 28.6. The van der Waals surface area contributed by atoms with Crippen molar-refractivity contribution < 1.29 is 9.59 Å². The molecule has 1 unspecified atom stereocenters. The minimum absolute atomic E-state index is 0.0676. The SMILES string of the molecule is CC1C(=O)Nc2cc(C(=O)N(C)Cc3cnn4c3CNCC4)ccc2N1C. The molecule has 1 aromatic heterocycles. The maximum atomic E-state index is 12.9. The van der Waals surface area contributed by atoms with Crippen molar-refractivity contribution in [3.05, 3.63) is 41.2 Å². The zero-order chi connectivity index (χ0) is 19.1. The third kappa shape index (κ3) is 3.06. The second-order valence-electron chi connectivity index (χ2n) is 7.19. The Hall–Kier alpha value is -2.87. The monoisotopic (exact) mass is 368 g/mol. The number of fused-ring (bicyclic) bond motifs is 2. The van der Waals surface area contributed by atoms with E-state index >= 15 is 0 Å². The molecule has 2 aliphatic rings. The van der Waals surface area contributed by atoms with Crippen LogP contribution in [0.1, 0.15) is 28.5 Å². The Labute approximate surface area is 158 Å². The van der Waals surface area contributed by atoms with E-state index in [4.69, 9.17) is 0 Å². The quantitative estimate of drug-likeness (QED) is 0.846. The fourth-order valence-electron chi connectivity index (χ4n) is 3.62. The van der Waals surface area contributed by atoms with Gasteiger partial charge in [-0.05, 0) is 25.1 Å². The van der Waals surface area contributed by atoms with E-state index in [0.717, 1.165) is 36.6 Å². The van der Waals surface area contributed by atoms with E-state index in [-0.39, 0.29) is 17.9 Å². The van der Waals surface area contributed by atoms with Crippen molar-refractivity contribution >= 4 is 23.2 Å². The van der Waals surface area contributed by atoms with Crippen molar-refractivity contribution in [2.45, 2.75) is 32.6 Å². The number of likely N-dealkylation sites (N-methyl/N-ethyl adjacent to an activating group) is 1. The molecule has 0 radical (unpaired) electrons. The molecule has 0 aliphatic carbocycles. The molecule has 142 valence electrons. The summed E-state index contributed by atoms with van der Waals surface area (Å²) in [5, 5.41) is 10.6. The Balaban J connectivity index is 1.54. The number of nitrogens with one attached hydrogen (secondary N) is 2. The van der Waals surface area contributed by atoms with Gasteiger partial charge in [0, 0.05) is 44.9 Å². The lowest BCUT2D eigenvalue weighted by atomic mass is 10.1. The average molecular weight is 368 g/mol. The number of hydrogen-bond donors (Lipinski definition) is 2. The van der Waals surface area contributed by atoms with Gasteiger partial charge in [-0.15, -0.1) is 0 Å². The van der Waals surface area contributed by atoms with Crippen LogP contribution in [0.4, 0.5) is 11.4 Å². The van der Waals surface area contributed by atoms with Crippen LogP contribution < -0.4 is 15.5 Å². The molecule has 2 amide bonds. The molecule has 27 heavy (non-hydrogen) atoms. The predicted molar refractivity (Wildman–Crippen MR) is 103 cm³/mol. The minimum Gasteiger partial charge on any atom is -0.361 e. The first-order valence-electron chi connectivity index (χ1n) is 9.13. The summed E-state index contributed by atoms with van der Waals surface area (Å²) in [5.41, 5.74) is 4.33. The van der Waals surface area contributed by atoms with E-state index in [9.17, 15) is 9.59 Å². The highest BCUT2D eigenvalue weighted by Crippen LogP contribution is 2.32. The van der Waals surface area contributed by atoms with Crippen LogP contribution in [0.2, 0.25) is 0 Å². The maximum Gasteiger partial charge on any atom is 0.253 e. The summed E-state index contributed by atoms with van der Waals surface area (Å²) in [6, 6.07) is 5.22. The number of carbonyl (C=O) groups excluding carboxylic acids is 2. The number of anilines is 2. The first-order chi connectivity index (χ1) is 13.0. The molecule has 1 aromatic carbocycles. The first-order valence-corrected chi connectivity index (χ1v) is 9.13. The Morgan fingerprint density at radius 3 is 3.04 bits per heavy atom. The molecule has 8 heteroatoms. The van der Waals surface area contributed by atoms with Crippen LogP contribution in [0.15, 0.2) is 24.4 Å². The van der Waals surface area contributed by atoms with E-state index in [1.54, 1.807) is 18.0 Å². The zero-order valence-electron chi connectivity index (χ0n) is 15.8. The normalized spacial score (nSPS) is 18.6. The van der Waals surface area contributed by atoms with Gasteiger partial charge in [-0.25, -0.2) is 0 Å². The van der Waals surface area contributed by atoms with Crippen LogP contribution in [0.3, 0.4) is 0 Å². The Kier molecular flexibility index (Phi) is 4.35.